The van der Waals surface area contributed by atoms with E-state index >= 15 is 0 Å². The predicted molar refractivity (Wildman–Crippen MR) is 40.2 cm³/mol. The van der Waals surface area contributed by atoms with Gasteiger partial charge in [0.05, 0.1) is 0 Å². The summed E-state index contributed by atoms with van der Waals surface area (Å²) in [4.78, 5) is 0. The zero-order valence-corrected chi connectivity index (χ0v) is 6.71. The molecule has 9 heavy (non-hydrogen) atoms. The fourth-order valence-corrected chi connectivity index (χ4v) is 0.651. The van der Waals surface area contributed by atoms with Gasteiger partial charge in [0.2, 0.25) is 0 Å². The van der Waals surface area contributed by atoms with Gasteiger partial charge in [-0.25, -0.2) is 0 Å². The van der Waals surface area contributed by atoms with Gasteiger partial charge in [-0.3, -0.25) is 0 Å². The molecule has 0 aliphatic rings. The minimum Gasteiger partial charge on any atom is -0.412 e. The number of ether oxygens (including phenoxy) is 1. The van der Waals surface area contributed by atoms with Crippen LogP contribution in [0.3, 0.4) is 0 Å². The molecule has 0 aromatic heterocycles. The van der Waals surface area contributed by atoms with E-state index in [1.165, 1.54) is 0 Å². The third-order valence-corrected chi connectivity index (χ3v) is 1.17. The Balaban J connectivity index is 0. The predicted octanol–water partition coefficient (Wildman–Crippen LogP) is 1.39. The van der Waals surface area contributed by atoms with E-state index in [1.54, 1.807) is 0 Å². The maximum Gasteiger partial charge on any atom is 0.120 e. The Bertz CT molecular complexity index is 37.9. The zero-order chi connectivity index (χ0) is 6.24. The number of alkyl halides is 2. The Morgan fingerprint density at radius 1 is 1.11 bits per heavy atom. The number of halogens is 2. The van der Waals surface area contributed by atoms with Gasteiger partial charge in [0.25, 0.3) is 0 Å². The first-order valence-electron chi connectivity index (χ1n) is 2.61. The van der Waals surface area contributed by atoms with Crippen molar-refractivity contribution in [1.82, 2.24) is 0 Å². The van der Waals surface area contributed by atoms with Crippen LogP contribution in [0.2, 0.25) is 0 Å². The fraction of sp³-hybridized carbons (Fsp3) is 1.00. The SMILES string of the molecule is ClCCCCOCCl.O. The molecule has 0 aromatic carbocycles. The van der Waals surface area contributed by atoms with Gasteiger partial charge in [-0.1, -0.05) is 11.6 Å². The van der Waals surface area contributed by atoms with E-state index < -0.39 is 0 Å². The maximum atomic E-state index is 5.39. The third kappa shape index (κ3) is 11.9. The first-order chi connectivity index (χ1) is 3.91. The second-order valence-corrected chi connectivity index (χ2v) is 2.01. The molecule has 0 atom stereocenters. The Hall–Kier alpha value is 0.500. The highest BCUT2D eigenvalue weighted by atomic mass is 35.5. The number of hydrogen-bond donors (Lipinski definition) is 0. The molecule has 0 heterocycles. The molecule has 0 aliphatic carbocycles. The summed E-state index contributed by atoms with van der Waals surface area (Å²) < 4.78 is 4.84. The summed E-state index contributed by atoms with van der Waals surface area (Å²) in [5, 5.41) is 0. The minimum absolute atomic E-state index is 0. The lowest BCUT2D eigenvalue weighted by molar-refractivity contribution is 0.175. The zero-order valence-electron chi connectivity index (χ0n) is 5.20. The molecule has 0 bridgehead atoms. The maximum absolute atomic E-state index is 5.39. The smallest absolute Gasteiger partial charge is 0.120 e. The molecule has 0 saturated heterocycles. The molecular formula is C5H12Cl2O2. The largest absolute Gasteiger partial charge is 0.412 e. The van der Waals surface area contributed by atoms with Crippen LogP contribution in [0.15, 0.2) is 0 Å². The van der Waals surface area contributed by atoms with Gasteiger partial charge in [-0.2, -0.15) is 0 Å². The van der Waals surface area contributed by atoms with Gasteiger partial charge in [0, 0.05) is 12.5 Å². The Morgan fingerprint density at radius 3 is 2.22 bits per heavy atom. The number of rotatable bonds is 5. The summed E-state index contributed by atoms with van der Waals surface area (Å²) in [6, 6.07) is 0.294. The molecule has 4 heteroatoms. The van der Waals surface area contributed by atoms with Crippen molar-refractivity contribution in [1.29, 1.82) is 0 Å². The molecule has 0 radical (unpaired) electrons. The van der Waals surface area contributed by atoms with E-state index in [4.69, 9.17) is 27.9 Å². The topological polar surface area (TPSA) is 40.7 Å². The van der Waals surface area contributed by atoms with E-state index in [1.807, 2.05) is 0 Å². The van der Waals surface area contributed by atoms with Gasteiger partial charge in [0.1, 0.15) is 6.07 Å². The summed E-state index contributed by atoms with van der Waals surface area (Å²) in [6.45, 7) is 0.732. The first-order valence-corrected chi connectivity index (χ1v) is 3.68. The van der Waals surface area contributed by atoms with E-state index in [0.717, 1.165) is 19.4 Å². The molecule has 2 N–H and O–H groups in total. The summed E-state index contributed by atoms with van der Waals surface area (Å²) >= 11 is 10.6. The van der Waals surface area contributed by atoms with Crippen LogP contribution < -0.4 is 0 Å². The molecule has 0 aliphatic heterocycles. The van der Waals surface area contributed by atoms with Crippen LogP contribution in [-0.4, -0.2) is 24.0 Å². The van der Waals surface area contributed by atoms with Crippen LogP contribution in [0.25, 0.3) is 0 Å². The van der Waals surface area contributed by atoms with Gasteiger partial charge >= 0.3 is 0 Å². The average Bonchev–Trinajstić information content (AvgIpc) is 1.81. The Kier molecular flexibility index (Phi) is 15.3. The quantitative estimate of drug-likeness (QED) is 0.459. The minimum atomic E-state index is 0. The molecule has 58 valence electrons. The van der Waals surface area contributed by atoms with Gasteiger partial charge in [0.15, 0.2) is 0 Å². The van der Waals surface area contributed by atoms with Crippen LogP contribution >= 0.6 is 23.2 Å². The fourth-order valence-electron chi connectivity index (χ4n) is 0.353. The Morgan fingerprint density at radius 2 is 1.78 bits per heavy atom. The van der Waals surface area contributed by atoms with Crippen LogP contribution in [-0.2, 0) is 4.74 Å². The van der Waals surface area contributed by atoms with E-state index in [0.29, 0.717) is 11.9 Å². The monoisotopic (exact) mass is 174 g/mol. The van der Waals surface area contributed by atoms with Crippen molar-refractivity contribution in [3.05, 3.63) is 0 Å². The highest BCUT2D eigenvalue weighted by Crippen LogP contribution is 1.92. The number of hydrogen-bond acceptors (Lipinski definition) is 1. The lowest BCUT2D eigenvalue weighted by atomic mass is 10.4. The Labute approximate surface area is 65.4 Å². The van der Waals surface area contributed by atoms with Crippen LogP contribution in [0.1, 0.15) is 12.8 Å². The third-order valence-electron chi connectivity index (χ3n) is 0.749. The normalized spacial score (nSPS) is 8.67. The van der Waals surface area contributed by atoms with E-state index in [9.17, 15) is 0 Å². The van der Waals surface area contributed by atoms with Crippen molar-refractivity contribution < 1.29 is 10.2 Å². The molecule has 0 spiro atoms. The molecular weight excluding hydrogens is 163 g/mol. The highest BCUT2D eigenvalue weighted by Gasteiger charge is 1.84. The van der Waals surface area contributed by atoms with Crippen molar-refractivity contribution in [2.75, 3.05) is 18.6 Å². The summed E-state index contributed by atoms with van der Waals surface area (Å²) in [5.41, 5.74) is 0. The lowest BCUT2D eigenvalue weighted by Crippen LogP contribution is -1.91. The van der Waals surface area contributed by atoms with Crippen molar-refractivity contribution in [2.24, 2.45) is 0 Å². The van der Waals surface area contributed by atoms with Gasteiger partial charge in [-0.05, 0) is 12.8 Å². The lowest BCUT2D eigenvalue weighted by Gasteiger charge is -1.95. The van der Waals surface area contributed by atoms with Gasteiger partial charge < -0.3 is 10.2 Å². The van der Waals surface area contributed by atoms with Crippen LogP contribution in [0, 0.1) is 0 Å². The molecule has 0 saturated carbocycles. The number of unbranched alkanes of at least 4 members (excludes halogenated alkanes) is 1. The summed E-state index contributed by atoms with van der Waals surface area (Å²) in [5.74, 6) is 0.714. The summed E-state index contributed by atoms with van der Waals surface area (Å²) in [6.07, 6.45) is 2.02. The van der Waals surface area contributed by atoms with E-state index in [-0.39, 0.29) is 5.48 Å². The molecule has 2 nitrogen and oxygen atoms in total. The molecule has 0 unspecified atom stereocenters. The van der Waals surface area contributed by atoms with Crippen LogP contribution in [0.4, 0.5) is 0 Å². The van der Waals surface area contributed by atoms with Crippen molar-refractivity contribution in [3.8, 4) is 0 Å². The standard InChI is InChI=1S/C5H10Cl2O.H2O/c6-3-1-2-4-8-5-7;/h1-5H2;1H2. The molecule has 0 rings (SSSR count). The van der Waals surface area contributed by atoms with Crippen LogP contribution in [0.5, 0.6) is 0 Å². The second kappa shape index (κ2) is 11.3. The summed E-state index contributed by atoms with van der Waals surface area (Å²) in [7, 11) is 0. The van der Waals surface area contributed by atoms with Crippen molar-refractivity contribution in [2.45, 2.75) is 12.8 Å². The molecule has 0 fully saturated rings. The first kappa shape index (κ1) is 12.2. The highest BCUT2D eigenvalue weighted by molar-refractivity contribution is 6.17. The van der Waals surface area contributed by atoms with Gasteiger partial charge in [-0.15, -0.1) is 11.6 Å². The molecule has 0 amide bonds. The van der Waals surface area contributed by atoms with E-state index in [2.05, 4.69) is 0 Å². The second-order valence-electron chi connectivity index (χ2n) is 1.41. The van der Waals surface area contributed by atoms with Crippen molar-refractivity contribution in [3.63, 3.8) is 0 Å². The average molecular weight is 175 g/mol. The van der Waals surface area contributed by atoms with Crippen molar-refractivity contribution >= 4 is 23.2 Å². The molecule has 0 aromatic rings.